The molecule has 0 amide bonds. The van der Waals surface area contributed by atoms with Crippen molar-refractivity contribution in [3.8, 4) is 0 Å². The molecule has 1 rings (SSSR count). The average Bonchev–Trinajstić information content (AvgIpc) is 2.89. The van der Waals surface area contributed by atoms with Crippen LogP contribution < -0.4 is 0 Å². The Kier molecular flexibility index (Phi) is 11.0. The van der Waals surface area contributed by atoms with Crippen molar-refractivity contribution in [1.29, 1.82) is 0 Å². The van der Waals surface area contributed by atoms with Crippen molar-refractivity contribution < 1.29 is 24.9 Å². The molecule has 0 bridgehead atoms. The van der Waals surface area contributed by atoms with Crippen LogP contribution in [-0.4, -0.2) is 45.2 Å². The van der Waals surface area contributed by atoms with E-state index in [-0.39, 0.29) is 36.4 Å². The van der Waals surface area contributed by atoms with E-state index in [1.165, 1.54) is 0 Å². The van der Waals surface area contributed by atoms with Gasteiger partial charge in [-0.2, -0.15) is 0 Å². The van der Waals surface area contributed by atoms with Crippen molar-refractivity contribution in [3.05, 3.63) is 12.2 Å². The third-order valence-corrected chi connectivity index (χ3v) is 5.61. The number of hydrogen-bond donors (Lipinski definition) is 3. The summed E-state index contributed by atoms with van der Waals surface area (Å²) in [5.41, 5.74) is -0.735. The molecule has 0 aliphatic heterocycles. The predicted molar refractivity (Wildman–Crippen MR) is 106 cm³/mol. The molecule has 0 heterocycles. The average molecular weight is 383 g/mol. The molecule has 0 spiro atoms. The number of aliphatic hydroxyl groups is 3. The van der Waals surface area contributed by atoms with E-state index < -0.39 is 11.7 Å². The van der Waals surface area contributed by atoms with E-state index in [0.717, 1.165) is 51.4 Å². The second-order valence-corrected chi connectivity index (χ2v) is 8.30. The topological polar surface area (TPSA) is 94.8 Å². The van der Waals surface area contributed by atoms with E-state index in [9.17, 15) is 19.8 Å². The van der Waals surface area contributed by atoms with Gasteiger partial charge in [-0.05, 0) is 32.6 Å². The highest BCUT2D eigenvalue weighted by atomic mass is 16.3. The van der Waals surface area contributed by atoms with Gasteiger partial charge >= 0.3 is 0 Å². The summed E-state index contributed by atoms with van der Waals surface area (Å²) in [6, 6.07) is 0. The second kappa shape index (κ2) is 12.4. The lowest BCUT2D eigenvalue weighted by Gasteiger charge is -2.22. The van der Waals surface area contributed by atoms with Gasteiger partial charge in [-0.3, -0.25) is 9.59 Å². The van der Waals surface area contributed by atoms with Crippen LogP contribution in [0.15, 0.2) is 12.2 Å². The molecule has 3 N–H and O–H groups in total. The first kappa shape index (κ1) is 24.0. The molecule has 5 heteroatoms. The quantitative estimate of drug-likeness (QED) is 0.316. The number of Topliss-reactive ketones (excluding diaryl/α,β-unsaturated/α-hetero) is 2. The standard InChI is InChI=1S/C22H38O5/c1-3-4-13-22(2,27)14-9-12-19-18(20(25)15-21(19)26)11-8-6-5-7-10-17(24)16-23/h9,12,18-19,21,23,26-27H,3-8,10-11,13-16H2,1-2H3/t18-,19-,21?,22?/m1/s1. The Balaban J connectivity index is 2.42. The summed E-state index contributed by atoms with van der Waals surface area (Å²) in [5.74, 6) is -0.291. The van der Waals surface area contributed by atoms with Crippen LogP contribution in [0.25, 0.3) is 0 Å². The van der Waals surface area contributed by atoms with Gasteiger partial charge in [-0.25, -0.2) is 0 Å². The summed E-state index contributed by atoms with van der Waals surface area (Å²) in [4.78, 5) is 23.3. The zero-order chi connectivity index (χ0) is 20.3. The van der Waals surface area contributed by atoms with E-state index in [4.69, 9.17) is 5.11 Å². The van der Waals surface area contributed by atoms with Gasteiger partial charge < -0.3 is 15.3 Å². The maximum Gasteiger partial charge on any atom is 0.158 e. The minimum Gasteiger partial charge on any atom is -0.392 e. The third kappa shape index (κ3) is 9.13. The first-order valence-electron chi connectivity index (χ1n) is 10.5. The normalized spacial score (nSPS) is 25.2. The zero-order valence-electron chi connectivity index (χ0n) is 17.0. The first-order valence-corrected chi connectivity index (χ1v) is 10.5. The largest absolute Gasteiger partial charge is 0.392 e. The van der Waals surface area contributed by atoms with Gasteiger partial charge in [0.2, 0.25) is 0 Å². The highest BCUT2D eigenvalue weighted by molar-refractivity contribution is 5.84. The fourth-order valence-electron chi connectivity index (χ4n) is 3.85. The molecule has 0 aromatic rings. The van der Waals surface area contributed by atoms with Crippen molar-refractivity contribution in [2.45, 2.75) is 96.2 Å². The molecule has 1 aliphatic carbocycles. The number of aliphatic hydroxyl groups excluding tert-OH is 2. The summed E-state index contributed by atoms with van der Waals surface area (Å²) in [7, 11) is 0. The Labute approximate surface area is 163 Å². The lowest BCUT2D eigenvalue weighted by Crippen LogP contribution is -2.23. The van der Waals surface area contributed by atoms with Crippen LogP contribution >= 0.6 is 0 Å². The summed E-state index contributed by atoms with van der Waals surface area (Å²) in [6.07, 6.45) is 11.5. The van der Waals surface area contributed by atoms with Crippen LogP contribution in [0.4, 0.5) is 0 Å². The van der Waals surface area contributed by atoms with Crippen molar-refractivity contribution in [3.63, 3.8) is 0 Å². The molecule has 2 unspecified atom stereocenters. The number of rotatable bonds is 14. The van der Waals surface area contributed by atoms with Gasteiger partial charge in [0.25, 0.3) is 0 Å². The smallest absolute Gasteiger partial charge is 0.158 e. The number of carbonyl (C=O) groups excluding carboxylic acids is 2. The van der Waals surface area contributed by atoms with Crippen LogP contribution in [0.1, 0.15) is 84.5 Å². The fraction of sp³-hybridized carbons (Fsp3) is 0.818. The molecule has 0 saturated heterocycles. The maximum absolute atomic E-state index is 12.2. The van der Waals surface area contributed by atoms with E-state index >= 15 is 0 Å². The summed E-state index contributed by atoms with van der Waals surface area (Å²) in [6.45, 7) is 3.55. The third-order valence-electron chi connectivity index (χ3n) is 5.61. The monoisotopic (exact) mass is 382 g/mol. The fourth-order valence-corrected chi connectivity index (χ4v) is 3.85. The molecule has 27 heavy (non-hydrogen) atoms. The lowest BCUT2D eigenvalue weighted by atomic mass is 9.87. The number of ketones is 2. The van der Waals surface area contributed by atoms with E-state index in [0.29, 0.717) is 12.8 Å². The predicted octanol–water partition coefficient (Wildman–Crippen LogP) is 3.34. The van der Waals surface area contributed by atoms with Gasteiger partial charge in [-0.1, -0.05) is 51.2 Å². The Bertz CT molecular complexity index is 483. The SMILES string of the molecule is CCCCC(C)(O)CC=C[C@H]1C(O)CC(=O)[C@@H]1CCCCCCC(=O)CO. The molecule has 0 aromatic heterocycles. The molecular formula is C22H38O5. The lowest BCUT2D eigenvalue weighted by molar-refractivity contribution is -0.122. The van der Waals surface area contributed by atoms with Crippen LogP contribution in [0.2, 0.25) is 0 Å². The van der Waals surface area contributed by atoms with Gasteiger partial charge in [0.05, 0.1) is 11.7 Å². The van der Waals surface area contributed by atoms with E-state index in [1.807, 2.05) is 19.1 Å². The van der Waals surface area contributed by atoms with Gasteiger partial charge in [0, 0.05) is 24.7 Å². The summed E-state index contributed by atoms with van der Waals surface area (Å²) < 4.78 is 0. The maximum atomic E-state index is 12.2. The first-order chi connectivity index (χ1) is 12.8. The molecule has 1 saturated carbocycles. The second-order valence-electron chi connectivity index (χ2n) is 8.30. The Hall–Kier alpha value is -1.04. The Morgan fingerprint density at radius 2 is 1.93 bits per heavy atom. The van der Waals surface area contributed by atoms with Gasteiger partial charge in [0.15, 0.2) is 5.78 Å². The summed E-state index contributed by atoms with van der Waals surface area (Å²) in [5, 5.41) is 29.3. The van der Waals surface area contributed by atoms with Crippen LogP contribution in [0.3, 0.4) is 0 Å². The molecule has 0 radical (unpaired) electrons. The molecule has 4 atom stereocenters. The highest BCUT2D eigenvalue weighted by Gasteiger charge is 2.39. The minimum absolute atomic E-state index is 0.121. The number of hydrogen-bond acceptors (Lipinski definition) is 5. The van der Waals surface area contributed by atoms with Gasteiger partial charge in [-0.15, -0.1) is 0 Å². The molecular weight excluding hydrogens is 344 g/mol. The minimum atomic E-state index is -0.735. The van der Waals surface area contributed by atoms with Crippen molar-refractivity contribution in [2.24, 2.45) is 11.8 Å². The summed E-state index contributed by atoms with van der Waals surface area (Å²) >= 11 is 0. The highest BCUT2D eigenvalue weighted by Crippen LogP contribution is 2.34. The van der Waals surface area contributed by atoms with Crippen LogP contribution in [-0.2, 0) is 9.59 Å². The molecule has 0 aromatic carbocycles. The Morgan fingerprint density at radius 1 is 1.22 bits per heavy atom. The molecule has 1 fully saturated rings. The number of carbonyl (C=O) groups is 2. The molecule has 5 nitrogen and oxygen atoms in total. The molecule has 1 aliphatic rings. The van der Waals surface area contributed by atoms with E-state index in [1.54, 1.807) is 0 Å². The van der Waals surface area contributed by atoms with Crippen LogP contribution in [0.5, 0.6) is 0 Å². The molecule has 156 valence electrons. The van der Waals surface area contributed by atoms with E-state index in [2.05, 4.69) is 6.92 Å². The van der Waals surface area contributed by atoms with Crippen molar-refractivity contribution >= 4 is 11.6 Å². The van der Waals surface area contributed by atoms with Gasteiger partial charge in [0.1, 0.15) is 12.4 Å². The zero-order valence-corrected chi connectivity index (χ0v) is 17.0. The van der Waals surface area contributed by atoms with Crippen molar-refractivity contribution in [1.82, 2.24) is 0 Å². The number of unbranched alkanes of at least 4 members (excludes halogenated alkanes) is 4. The Morgan fingerprint density at radius 3 is 2.59 bits per heavy atom. The van der Waals surface area contributed by atoms with Crippen LogP contribution in [0, 0.1) is 11.8 Å². The van der Waals surface area contributed by atoms with Crippen molar-refractivity contribution in [2.75, 3.05) is 6.61 Å².